The zero-order valence-corrected chi connectivity index (χ0v) is 15.1. The molecule has 138 valence electrons. The van der Waals surface area contributed by atoms with Crippen molar-refractivity contribution in [2.24, 2.45) is 0 Å². The second-order valence-electron chi connectivity index (χ2n) is 5.88. The van der Waals surface area contributed by atoms with Crippen LogP contribution in [0.2, 0.25) is 0 Å². The first-order chi connectivity index (χ1) is 13.1. The number of rotatable bonds is 7. The highest BCUT2D eigenvalue weighted by molar-refractivity contribution is 5.63. The number of aromatic nitrogens is 4. The van der Waals surface area contributed by atoms with E-state index in [4.69, 9.17) is 10.5 Å². The molecular weight excluding hydrogens is 344 g/mol. The molecule has 0 aromatic carbocycles. The van der Waals surface area contributed by atoms with E-state index in [9.17, 15) is 5.26 Å². The van der Waals surface area contributed by atoms with Crippen molar-refractivity contribution in [3.8, 4) is 11.8 Å². The molecule has 9 heteroatoms. The Bertz CT molecular complexity index is 976. The van der Waals surface area contributed by atoms with Crippen LogP contribution in [0.3, 0.4) is 0 Å². The van der Waals surface area contributed by atoms with Gasteiger partial charge in [0.2, 0.25) is 0 Å². The smallest absolute Gasteiger partial charge is 0.166 e. The SMILES string of the molecule is Cc1cc(Nc2cc(C)c(C#N)c(NCCOc3cccnc3N)n2)n[nH]1. The summed E-state index contributed by atoms with van der Waals surface area (Å²) in [5.74, 6) is 2.59. The van der Waals surface area contributed by atoms with Gasteiger partial charge >= 0.3 is 0 Å². The molecular formula is C18H20N8O. The van der Waals surface area contributed by atoms with Crippen LogP contribution in [0, 0.1) is 25.2 Å². The molecule has 0 amide bonds. The van der Waals surface area contributed by atoms with Crippen molar-refractivity contribution in [2.75, 3.05) is 29.5 Å². The number of aryl methyl sites for hydroxylation is 2. The van der Waals surface area contributed by atoms with E-state index in [1.807, 2.05) is 19.9 Å². The monoisotopic (exact) mass is 364 g/mol. The van der Waals surface area contributed by atoms with Gasteiger partial charge in [-0.15, -0.1) is 0 Å². The molecule has 0 aliphatic rings. The first-order valence-electron chi connectivity index (χ1n) is 8.34. The van der Waals surface area contributed by atoms with Gasteiger partial charge in [-0.2, -0.15) is 10.4 Å². The van der Waals surface area contributed by atoms with Crippen LogP contribution in [0.25, 0.3) is 0 Å². The predicted molar refractivity (Wildman–Crippen MR) is 103 cm³/mol. The van der Waals surface area contributed by atoms with Crippen molar-refractivity contribution in [2.45, 2.75) is 13.8 Å². The minimum Gasteiger partial charge on any atom is -0.488 e. The van der Waals surface area contributed by atoms with Crippen LogP contribution < -0.4 is 21.1 Å². The largest absolute Gasteiger partial charge is 0.488 e. The highest BCUT2D eigenvalue weighted by Gasteiger charge is 2.11. The first kappa shape index (κ1) is 18.0. The predicted octanol–water partition coefficient (Wildman–Crippen LogP) is 2.50. The van der Waals surface area contributed by atoms with Gasteiger partial charge in [-0.1, -0.05) is 0 Å². The van der Waals surface area contributed by atoms with Crippen LogP contribution in [0.1, 0.15) is 16.8 Å². The highest BCUT2D eigenvalue weighted by Crippen LogP contribution is 2.23. The second-order valence-corrected chi connectivity index (χ2v) is 5.88. The van der Waals surface area contributed by atoms with E-state index >= 15 is 0 Å². The van der Waals surface area contributed by atoms with E-state index in [0.717, 1.165) is 11.3 Å². The van der Waals surface area contributed by atoms with Crippen LogP contribution >= 0.6 is 0 Å². The summed E-state index contributed by atoms with van der Waals surface area (Å²) in [7, 11) is 0. The third kappa shape index (κ3) is 4.43. The third-order valence-corrected chi connectivity index (χ3v) is 3.74. The molecule has 3 heterocycles. The topological polar surface area (TPSA) is 138 Å². The summed E-state index contributed by atoms with van der Waals surface area (Å²) in [5.41, 5.74) is 7.98. The van der Waals surface area contributed by atoms with Crippen LogP contribution in [-0.2, 0) is 0 Å². The Morgan fingerprint density at radius 3 is 2.85 bits per heavy atom. The van der Waals surface area contributed by atoms with Gasteiger partial charge in [-0.25, -0.2) is 9.97 Å². The number of ether oxygens (including phenoxy) is 1. The van der Waals surface area contributed by atoms with Crippen molar-refractivity contribution in [1.29, 1.82) is 5.26 Å². The molecule has 0 radical (unpaired) electrons. The van der Waals surface area contributed by atoms with E-state index in [1.54, 1.807) is 24.4 Å². The number of anilines is 4. The van der Waals surface area contributed by atoms with E-state index in [-0.39, 0.29) is 0 Å². The Labute approximate surface area is 156 Å². The fraction of sp³-hybridized carbons (Fsp3) is 0.222. The lowest BCUT2D eigenvalue weighted by Crippen LogP contribution is -2.15. The van der Waals surface area contributed by atoms with Gasteiger partial charge in [-0.3, -0.25) is 5.10 Å². The molecule has 0 fully saturated rings. The Hall–Kier alpha value is -3.80. The van der Waals surface area contributed by atoms with Gasteiger partial charge < -0.3 is 21.1 Å². The lowest BCUT2D eigenvalue weighted by atomic mass is 10.1. The van der Waals surface area contributed by atoms with Gasteiger partial charge in [0.1, 0.15) is 24.3 Å². The molecule has 3 aromatic heterocycles. The number of aromatic amines is 1. The molecule has 5 N–H and O–H groups in total. The minimum atomic E-state index is 0.338. The van der Waals surface area contributed by atoms with Crippen molar-refractivity contribution < 1.29 is 4.74 Å². The quantitative estimate of drug-likeness (QED) is 0.469. The fourth-order valence-corrected chi connectivity index (χ4v) is 2.47. The van der Waals surface area contributed by atoms with Crippen LogP contribution in [0.15, 0.2) is 30.5 Å². The number of pyridine rings is 2. The molecule has 0 atom stereocenters. The molecule has 0 unspecified atom stereocenters. The Morgan fingerprint density at radius 1 is 1.30 bits per heavy atom. The van der Waals surface area contributed by atoms with E-state index in [2.05, 4.69) is 36.9 Å². The van der Waals surface area contributed by atoms with Crippen molar-refractivity contribution in [3.63, 3.8) is 0 Å². The number of hydrogen-bond donors (Lipinski definition) is 4. The van der Waals surface area contributed by atoms with Gasteiger partial charge in [0.25, 0.3) is 0 Å². The molecule has 27 heavy (non-hydrogen) atoms. The van der Waals surface area contributed by atoms with Crippen molar-refractivity contribution in [1.82, 2.24) is 20.2 Å². The maximum Gasteiger partial charge on any atom is 0.166 e. The molecule has 3 aromatic rings. The number of nitrogens with one attached hydrogen (secondary N) is 3. The van der Waals surface area contributed by atoms with Gasteiger partial charge in [-0.05, 0) is 37.6 Å². The van der Waals surface area contributed by atoms with Gasteiger partial charge in [0, 0.05) is 18.0 Å². The van der Waals surface area contributed by atoms with Gasteiger partial charge in [0.15, 0.2) is 17.4 Å². The van der Waals surface area contributed by atoms with Crippen molar-refractivity contribution >= 4 is 23.3 Å². The van der Waals surface area contributed by atoms with Crippen LogP contribution in [0.4, 0.5) is 23.3 Å². The Morgan fingerprint density at radius 2 is 2.15 bits per heavy atom. The number of H-pyrrole nitrogens is 1. The van der Waals surface area contributed by atoms with Crippen molar-refractivity contribution in [3.05, 3.63) is 47.3 Å². The normalized spacial score (nSPS) is 10.3. The summed E-state index contributed by atoms with van der Waals surface area (Å²) in [4.78, 5) is 8.45. The number of nitrogens with zero attached hydrogens (tertiary/aromatic N) is 4. The number of hydrogen-bond acceptors (Lipinski definition) is 8. The zero-order chi connectivity index (χ0) is 19.2. The number of nitriles is 1. The summed E-state index contributed by atoms with van der Waals surface area (Å²) in [5, 5.41) is 22.7. The molecule has 0 spiro atoms. The van der Waals surface area contributed by atoms with E-state index < -0.39 is 0 Å². The average molecular weight is 364 g/mol. The number of nitrogen functional groups attached to an aromatic ring is 1. The molecule has 3 rings (SSSR count). The van der Waals surface area contributed by atoms with E-state index in [0.29, 0.717) is 47.7 Å². The first-order valence-corrected chi connectivity index (χ1v) is 8.34. The lowest BCUT2D eigenvalue weighted by Gasteiger charge is -2.13. The average Bonchev–Trinajstić information content (AvgIpc) is 3.04. The molecule has 0 saturated heterocycles. The summed E-state index contributed by atoms with van der Waals surface area (Å²) >= 11 is 0. The Balaban J connectivity index is 1.68. The van der Waals surface area contributed by atoms with Crippen LogP contribution in [0.5, 0.6) is 5.75 Å². The number of nitrogens with two attached hydrogens (primary N) is 1. The molecule has 9 nitrogen and oxygen atoms in total. The van der Waals surface area contributed by atoms with Crippen LogP contribution in [-0.4, -0.2) is 33.3 Å². The molecule has 0 bridgehead atoms. The molecule has 0 aliphatic carbocycles. The summed E-state index contributed by atoms with van der Waals surface area (Å²) < 4.78 is 5.60. The Kier molecular flexibility index (Phi) is 5.37. The lowest BCUT2D eigenvalue weighted by molar-refractivity contribution is 0.333. The highest BCUT2D eigenvalue weighted by atomic mass is 16.5. The minimum absolute atomic E-state index is 0.338. The van der Waals surface area contributed by atoms with Gasteiger partial charge in [0.05, 0.1) is 12.1 Å². The fourth-order valence-electron chi connectivity index (χ4n) is 2.47. The second kappa shape index (κ2) is 8.05. The summed E-state index contributed by atoms with van der Waals surface area (Å²) in [6, 6.07) is 9.36. The maximum atomic E-state index is 9.43. The maximum absolute atomic E-state index is 9.43. The summed E-state index contributed by atoms with van der Waals surface area (Å²) in [6.07, 6.45) is 1.60. The summed E-state index contributed by atoms with van der Waals surface area (Å²) in [6.45, 7) is 4.56. The van der Waals surface area contributed by atoms with E-state index in [1.165, 1.54) is 0 Å². The zero-order valence-electron chi connectivity index (χ0n) is 15.1. The third-order valence-electron chi connectivity index (χ3n) is 3.74. The standard InChI is InChI=1S/C18H20N8O/c1-11-8-15(23-16-9-12(2)25-26-16)24-18(13(11)10-19)22-6-7-27-14-4-3-5-21-17(14)20/h3-5,8-9H,6-7H2,1-2H3,(H2,20,21)(H3,22,23,24,25,26). The molecule has 0 saturated carbocycles. The molecule has 0 aliphatic heterocycles.